The summed E-state index contributed by atoms with van der Waals surface area (Å²) in [6.45, 7) is 2.36. The van der Waals surface area contributed by atoms with Gasteiger partial charge in [-0.3, -0.25) is 0 Å². The highest BCUT2D eigenvalue weighted by molar-refractivity contribution is 7.09. The number of oxime groups is 1. The molecule has 0 aliphatic carbocycles. The van der Waals surface area contributed by atoms with E-state index in [1.54, 1.807) is 23.6 Å². The van der Waals surface area contributed by atoms with Crippen LogP contribution in [0.15, 0.2) is 34.9 Å². The number of aromatic nitrogens is 1. The number of hydrogen-bond donors (Lipinski definition) is 2. The van der Waals surface area contributed by atoms with Crippen molar-refractivity contribution in [3.63, 3.8) is 0 Å². The van der Waals surface area contributed by atoms with Gasteiger partial charge in [-0.2, -0.15) is 0 Å². The third kappa shape index (κ3) is 3.23. The Balaban J connectivity index is 2.09. The second kappa shape index (κ2) is 6.19. The van der Waals surface area contributed by atoms with Crippen molar-refractivity contribution in [3.8, 4) is 5.88 Å². The van der Waals surface area contributed by atoms with Crippen LogP contribution in [0.25, 0.3) is 0 Å². The van der Waals surface area contributed by atoms with Crippen molar-refractivity contribution in [2.45, 2.75) is 13.3 Å². The highest BCUT2D eigenvalue weighted by atomic mass is 32.1. The standard InChI is InChI=1S/C13H15N3O2S/c1-9-4-6-15-13(11(9)12(14)16-17)18-7-5-10-3-2-8-19-10/h2-4,6,8,17H,5,7H2,1H3,(H2,14,16). The van der Waals surface area contributed by atoms with E-state index in [1.165, 1.54) is 4.88 Å². The Morgan fingerprint density at radius 1 is 1.53 bits per heavy atom. The molecule has 0 spiro atoms. The zero-order valence-corrected chi connectivity index (χ0v) is 11.4. The predicted molar refractivity (Wildman–Crippen MR) is 75.0 cm³/mol. The fourth-order valence-corrected chi connectivity index (χ4v) is 2.40. The third-order valence-electron chi connectivity index (χ3n) is 2.66. The molecular weight excluding hydrogens is 262 g/mol. The van der Waals surface area contributed by atoms with Crippen LogP contribution in [0.1, 0.15) is 16.0 Å². The number of nitrogens with two attached hydrogens (primary N) is 1. The summed E-state index contributed by atoms with van der Waals surface area (Å²) < 4.78 is 5.64. The van der Waals surface area contributed by atoms with Gasteiger partial charge in [0, 0.05) is 17.5 Å². The Bertz CT molecular complexity index is 567. The van der Waals surface area contributed by atoms with E-state index < -0.39 is 0 Å². The Hall–Kier alpha value is -2.08. The second-order valence-corrected chi connectivity index (χ2v) is 5.00. The predicted octanol–water partition coefficient (Wildman–Crippen LogP) is 2.17. The van der Waals surface area contributed by atoms with Gasteiger partial charge < -0.3 is 15.7 Å². The molecule has 0 saturated carbocycles. The van der Waals surface area contributed by atoms with Gasteiger partial charge in [0.15, 0.2) is 5.84 Å². The van der Waals surface area contributed by atoms with Crippen LogP contribution in [0.4, 0.5) is 0 Å². The molecule has 0 aromatic carbocycles. The minimum absolute atomic E-state index is 0.0109. The molecule has 0 radical (unpaired) electrons. The summed E-state index contributed by atoms with van der Waals surface area (Å²) in [5, 5.41) is 13.8. The molecule has 0 amide bonds. The summed E-state index contributed by atoms with van der Waals surface area (Å²) in [6.07, 6.45) is 2.45. The van der Waals surface area contributed by atoms with Gasteiger partial charge in [-0.1, -0.05) is 11.2 Å². The van der Waals surface area contributed by atoms with Gasteiger partial charge in [0.2, 0.25) is 5.88 Å². The number of amidine groups is 1. The van der Waals surface area contributed by atoms with Crippen molar-refractivity contribution in [1.82, 2.24) is 4.98 Å². The van der Waals surface area contributed by atoms with E-state index in [9.17, 15) is 0 Å². The Labute approximate surface area is 115 Å². The fourth-order valence-electron chi connectivity index (χ4n) is 1.71. The van der Waals surface area contributed by atoms with Crippen molar-refractivity contribution in [1.29, 1.82) is 0 Å². The van der Waals surface area contributed by atoms with Crippen LogP contribution in [0.5, 0.6) is 5.88 Å². The normalized spacial score (nSPS) is 11.5. The molecule has 2 aromatic rings. The monoisotopic (exact) mass is 277 g/mol. The van der Waals surface area contributed by atoms with Gasteiger partial charge in [0.1, 0.15) is 0 Å². The topological polar surface area (TPSA) is 80.7 Å². The third-order valence-corrected chi connectivity index (χ3v) is 3.59. The number of aryl methyl sites for hydroxylation is 1. The van der Waals surface area contributed by atoms with Crippen LogP contribution in [0.3, 0.4) is 0 Å². The zero-order valence-electron chi connectivity index (χ0n) is 10.5. The van der Waals surface area contributed by atoms with E-state index in [0.717, 1.165) is 12.0 Å². The molecule has 2 heterocycles. The van der Waals surface area contributed by atoms with E-state index in [0.29, 0.717) is 18.1 Å². The number of hydrogen-bond acceptors (Lipinski definition) is 5. The lowest BCUT2D eigenvalue weighted by molar-refractivity contribution is 0.306. The maximum absolute atomic E-state index is 8.79. The first kappa shape index (κ1) is 13.4. The van der Waals surface area contributed by atoms with E-state index in [4.69, 9.17) is 15.7 Å². The summed E-state index contributed by atoms with van der Waals surface area (Å²) in [6, 6.07) is 5.86. The van der Waals surface area contributed by atoms with Gasteiger partial charge in [0.25, 0.3) is 0 Å². The SMILES string of the molecule is Cc1ccnc(OCCc2cccs2)c1/C(N)=N/O. The lowest BCUT2D eigenvalue weighted by atomic mass is 10.1. The summed E-state index contributed by atoms with van der Waals surface area (Å²) in [5.74, 6) is 0.406. The average Bonchev–Trinajstić information content (AvgIpc) is 2.91. The summed E-state index contributed by atoms with van der Waals surface area (Å²) >= 11 is 1.69. The molecule has 0 unspecified atom stereocenters. The minimum Gasteiger partial charge on any atom is -0.477 e. The minimum atomic E-state index is 0.0109. The fraction of sp³-hybridized carbons (Fsp3) is 0.231. The molecule has 100 valence electrons. The van der Waals surface area contributed by atoms with E-state index >= 15 is 0 Å². The highest BCUT2D eigenvalue weighted by Gasteiger charge is 2.13. The first-order valence-electron chi connectivity index (χ1n) is 5.81. The van der Waals surface area contributed by atoms with Crippen molar-refractivity contribution in [3.05, 3.63) is 45.8 Å². The Morgan fingerprint density at radius 2 is 2.37 bits per heavy atom. The van der Waals surface area contributed by atoms with Gasteiger partial charge in [0.05, 0.1) is 12.2 Å². The van der Waals surface area contributed by atoms with Crippen molar-refractivity contribution in [2.75, 3.05) is 6.61 Å². The molecule has 2 rings (SSSR count). The van der Waals surface area contributed by atoms with Crippen LogP contribution in [-0.4, -0.2) is 22.6 Å². The highest BCUT2D eigenvalue weighted by Crippen LogP contribution is 2.19. The van der Waals surface area contributed by atoms with Crippen LogP contribution in [0.2, 0.25) is 0 Å². The van der Waals surface area contributed by atoms with Crippen LogP contribution in [0, 0.1) is 6.92 Å². The largest absolute Gasteiger partial charge is 0.477 e. The number of nitrogens with zero attached hydrogens (tertiary/aromatic N) is 2. The molecule has 2 aromatic heterocycles. The first-order valence-corrected chi connectivity index (χ1v) is 6.69. The molecule has 6 heteroatoms. The van der Waals surface area contributed by atoms with Crippen molar-refractivity contribution >= 4 is 17.2 Å². The van der Waals surface area contributed by atoms with Gasteiger partial charge in [-0.05, 0) is 30.0 Å². The molecular formula is C13H15N3O2S. The first-order chi connectivity index (χ1) is 9.22. The zero-order chi connectivity index (χ0) is 13.7. The molecule has 0 aliphatic rings. The van der Waals surface area contributed by atoms with Crippen molar-refractivity contribution in [2.24, 2.45) is 10.9 Å². The van der Waals surface area contributed by atoms with Crippen LogP contribution in [-0.2, 0) is 6.42 Å². The van der Waals surface area contributed by atoms with Crippen LogP contribution < -0.4 is 10.5 Å². The second-order valence-electron chi connectivity index (χ2n) is 3.97. The Kier molecular flexibility index (Phi) is 4.35. The molecule has 19 heavy (non-hydrogen) atoms. The lowest BCUT2D eigenvalue weighted by Crippen LogP contribution is -2.17. The van der Waals surface area contributed by atoms with E-state index in [-0.39, 0.29) is 5.84 Å². The Morgan fingerprint density at radius 3 is 3.05 bits per heavy atom. The number of ether oxygens (including phenoxy) is 1. The van der Waals surface area contributed by atoms with Gasteiger partial charge in [-0.25, -0.2) is 4.98 Å². The number of rotatable bonds is 5. The summed E-state index contributed by atoms with van der Waals surface area (Å²) in [5.41, 5.74) is 7.04. The smallest absolute Gasteiger partial charge is 0.224 e. The molecule has 3 N–H and O–H groups in total. The molecule has 5 nitrogen and oxygen atoms in total. The summed E-state index contributed by atoms with van der Waals surface area (Å²) in [4.78, 5) is 5.38. The summed E-state index contributed by atoms with van der Waals surface area (Å²) in [7, 11) is 0. The van der Waals surface area contributed by atoms with Gasteiger partial charge >= 0.3 is 0 Å². The van der Waals surface area contributed by atoms with E-state index in [1.807, 2.05) is 18.4 Å². The van der Waals surface area contributed by atoms with Gasteiger partial charge in [-0.15, -0.1) is 11.3 Å². The molecule has 0 bridgehead atoms. The van der Waals surface area contributed by atoms with E-state index in [2.05, 4.69) is 16.2 Å². The lowest BCUT2D eigenvalue weighted by Gasteiger charge is -2.11. The maximum Gasteiger partial charge on any atom is 0.224 e. The quantitative estimate of drug-likeness (QED) is 0.380. The average molecular weight is 277 g/mol. The maximum atomic E-state index is 8.79. The molecule has 0 aliphatic heterocycles. The number of thiophene rings is 1. The molecule has 0 fully saturated rings. The molecule has 0 saturated heterocycles. The molecule has 0 atom stereocenters. The number of pyridine rings is 1. The van der Waals surface area contributed by atoms with Crippen LogP contribution >= 0.6 is 11.3 Å². The van der Waals surface area contributed by atoms with Crippen molar-refractivity contribution < 1.29 is 9.94 Å².